The Hall–Kier alpha value is -1.51. The summed E-state index contributed by atoms with van der Waals surface area (Å²) in [6.07, 6.45) is 0.676. The number of hydrogen-bond donors (Lipinski definition) is 1. The number of aromatic amines is 1. The fraction of sp³-hybridized carbons (Fsp3) is 0.462. The van der Waals surface area contributed by atoms with Crippen molar-refractivity contribution in [3.8, 4) is 0 Å². The van der Waals surface area contributed by atoms with E-state index in [9.17, 15) is 4.79 Å². The zero-order valence-electron chi connectivity index (χ0n) is 10.2. The summed E-state index contributed by atoms with van der Waals surface area (Å²) in [5.74, 6) is 0.655. The molecule has 0 bridgehead atoms. The Morgan fingerprint density at radius 1 is 1.44 bits per heavy atom. The minimum Gasteiger partial charge on any atom is -0.430 e. The van der Waals surface area contributed by atoms with Crippen molar-refractivity contribution >= 4 is 11.5 Å². The van der Waals surface area contributed by atoms with Gasteiger partial charge in [-0.15, -0.1) is 0 Å². The van der Waals surface area contributed by atoms with Gasteiger partial charge in [0.15, 0.2) is 0 Å². The molecule has 1 aromatic rings. The number of hydrogen-bond acceptors (Lipinski definition) is 2. The lowest BCUT2D eigenvalue weighted by atomic mass is 9.90. The summed E-state index contributed by atoms with van der Waals surface area (Å²) in [5, 5.41) is 0. The van der Waals surface area contributed by atoms with Crippen LogP contribution in [0.15, 0.2) is 17.9 Å². The van der Waals surface area contributed by atoms with Crippen molar-refractivity contribution in [2.75, 3.05) is 0 Å². The van der Waals surface area contributed by atoms with Crippen molar-refractivity contribution in [2.45, 2.75) is 34.1 Å². The molecule has 0 radical (unpaired) electrons. The molecule has 1 fully saturated rings. The first-order valence-corrected chi connectivity index (χ1v) is 5.48. The van der Waals surface area contributed by atoms with Crippen LogP contribution >= 0.6 is 0 Å². The summed E-state index contributed by atoms with van der Waals surface area (Å²) < 4.78 is 5.32. The lowest BCUT2D eigenvalue weighted by molar-refractivity contribution is -0.142. The van der Waals surface area contributed by atoms with Gasteiger partial charge in [0.2, 0.25) is 0 Å². The van der Waals surface area contributed by atoms with Gasteiger partial charge in [-0.1, -0.05) is 0 Å². The number of aryl methyl sites for hydroxylation is 1. The van der Waals surface area contributed by atoms with Crippen LogP contribution in [0.25, 0.3) is 5.57 Å². The topological polar surface area (TPSA) is 42.1 Å². The molecular formula is C13H17NO2. The smallest absolute Gasteiger partial charge is 0.317 e. The Kier molecular flexibility index (Phi) is 2.41. The largest absolute Gasteiger partial charge is 0.430 e. The van der Waals surface area contributed by atoms with Gasteiger partial charge in [0.05, 0.1) is 5.41 Å². The maximum Gasteiger partial charge on any atom is 0.317 e. The summed E-state index contributed by atoms with van der Waals surface area (Å²) in [6.45, 7) is 7.81. The molecule has 0 amide bonds. The van der Waals surface area contributed by atoms with Gasteiger partial charge in [-0.05, 0) is 39.8 Å². The molecule has 86 valence electrons. The summed E-state index contributed by atoms with van der Waals surface area (Å²) in [6, 6.07) is 4.03. The van der Waals surface area contributed by atoms with Crippen molar-refractivity contribution < 1.29 is 9.53 Å². The number of aromatic nitrogens is 1. The predicted octanol–water partition coefficient (Wildman–Crippen LogP) is 3.03. The third-order valence-corrected chi connectivity index (χ3v) is 3.03. The number of ether oxygens (including phenoxy) is 1. The Morgan fingerprint density at radius 3 is 2.56 bits per heavy atom. The average Bonchev–Trinajstić information content (AvgIpc) is 2.71. The molecule has 1 aliphatic heterocycles. The molecule has 0 aliphatic carbocycles. The number of rotatable bonds is 1. The number of esters is 1. The minimum absolute atomic E-state index is 0.134. The molecule has 2 heterocycles. The minimum atomic E-state index is -0.391. The van der Waals surface area contributed by atoms with Crippen molar-refractivity contribution in [1.29, 1.82) is 0 Å². The number of H-pyrrole nitrogens is 1. The molecule has 0 saturated carbocycles. The van der Waals surface area contributed by atoms with Crippen LogP contribution in [0.3, 0.4) is 0 Å². The number of allylic oxidation sites excluding steroid dienone is 2. The van der Waals surface area contributed by atoms with Crippen molar-refractivity contribution in [2.24, 2.45) is 5.41 Å². The Labute approximate surface area is 95.5 Å². The SMILES string of the molecule is C/C(=C1/CC(C)(C)C(=O)O1)c1ccc(C)[nH]1. The highest BCUT2D eigenvalue weighted by atomic mass is 16.5. The lowest BCUT2D eigenvalue weighted by Crippen LogP contribution is -2.16. The van der Waals surface area contributed by atoms with Crippen LogP contribution in [0, 0.1) is 12.3 Å². The van der Waals surface area contributed by atoms with E-state index in [4.69, 9.17) is 4.74 Å². The van der Waals surface area contributed by atoms with Gasteiger partial charge >= 0.3 is 5.97 Å². The number of nitrogens with one attached hydrogen (secondary N) is 1. The van der Waals surface area contributed by atoms with Crippen molar-refractivity contribution in [1.82, 2.24) is 4.98 Å². The molecule has 0 unspecified atom stereocenters. The first-order valence-electron chi connectivity index (χ1n) is 5.48. The molecule has 16 heavy (non-hydrogen) atoms. The Balaban J connectivity index is 2.34. The zero-order valence-corrected chi connectivity index (χ0v) is 10.2. The van der Waals surface area contributed by atoms with E-state index in [0.29, 0.717) is 6.42 Å². The molecular weight excluding hydrogens is 202 g/mol. The van der Waals surface area contributed by atoms with Crippen molar-refractivity contribution in [3.63, 3.8) is 0 Å². The Morgan fingerprint density at radius 2 is 2.12 bits per heavy atom. The molecule has 1 aliphatic rings. The number of carbonyl (C=O) groups excluding carboxylic acids is 1. The second kappa shape index (κ2) is 3.51. The normalized spacial score (nSPS) is 22.1. The first kappa shape index (κ1) is 11.0. The fourth-order valence-electron chi connectivity index (χ4n) is 1.84. The van der Waals surface area contributed by atoms with E-state index in [0.717, 1.165) is 22.7 Å². The van der Waals surface area contributed by atoms with E-state index in [1.54, 1.807) is 0 Å². The number of carbonyl (C=O) groups is 1. The summed E-state index contributed by atoms with van der Waals surface area (Å²) in [7, 11) is 0. The highest BCUT2D eigenvalue weighted by molar-refractivity contribution is 5.82. The van der Waals surface area contributed by atoms with Crippen molar-refractivity contribution in [3.05, 3.63) is 29.3 Å². The summed E-state index contributed by atoms with van der Waals surface area (Å²) in [5.41, 5.74) is 2.77. The first-order chi connectivity index (χ1) is 7.40. The summed E-state index contributed by atoms with van der Waals surface area (Å²) >= 11 is 0. The third-order valence-electron chi connectivity index (χ3n) is 3.03. The average molecular weight is 219 g/mol. The van der Waals surface area contributed by atoms with E-state index in [-0.39, 0.29) is 5.97 Å². The van der Waals surface area contributed by atoms with Gasteiger partial charge in [-0.25, -0.2) is 0 Å². The lowest BCUT2D eigenvalue weighted by Gasteiger charge is -2.08. The van der Waals surface area contributed by atoms with Gasteiger partial charge in [-0.3, -0.25) is 4.79 Å². The van der Waals surface area contributed by atoms with Gasteiger partial charge < -0.3 is 9.72 Å². The standard InChI is InChI=1S/C13H17NO2/c1-8-5-6-10(14-8)9(2)11-7-13(3,4)12(15)16-11/h5-6,14H,7H2,1-4H3/b11-9+. The van der Waals surface area contributed by atoms with Crippen LogP contribution in [-0.4, -0.2) is 11.0 Å². The highest BCUT2D eigenvalue weighted by Gasteiger charge is 2.39. The molecule has 3 heteroatoms. The second-order valence-electron chi connectivity index (χ2n) is 5.05. The fourth-order valence-corrected chi connectivity index (χ4v) is 1.84. The van der Waals surface area contributed by atoms with Crippen LogP contribution in [0.4, 0.5) is 0 Å². The van der Waals surface area contributed by atoms with Gasteiger partial charge in [-0.2, -0.15) is 0 Å². The molecule has 1 N–H and O–H groups in total. The molecule has 0 atom stereocenters. The Bertz CT molecular complexity index is 466. The third kappa shape index (κ3) is 1.77. The monoisotopic (exact) mass is 219 g/mol. The molecule has 0 aromatic carbocycles. The molecule has 1 aromatic heterocycles. The van der Waals surface area contributed by atoms with E-state index < -0.39 is 5.41 Å². The maximum atomic E-state index is 11.6. The molecule has 3 nitrogen and oxygen atoms in total. The highest BCUT2D eigenvalue weighted by Crippen LogP contribution is 2.38. The van der Waals surface area contributed by atoms with E-state index in [2.05, 4.69) is 4.98 Å². The summed E-state index contributed by atoms with van der Waals surface area (Å²) in [4.78, 5) is 14.8. The van der Waals surface area contributed by atoms with Crippen LogP contribution in [0.2, 0.25) is 0 Å². The van der Waals surface area contributed by atoms with Crippen LogP contribution in [-0.2, 0) is 9.53 Å². The van der Waals surface area contributed by atoms with Crippen LogP contribution < -0.4 is 0 Å². The van der Waals surface area contributed by atoms with Gasteiger partial charge in [0, 0.05) is 23.4 Å². The molecule has 2 rings (SSSR count). The van der Waals surface area contributed by atoms with Gasteiger partial charge in [0.1, 0.15) is 5.76 Å². The maximum absolute atomic E-state index is 11.6. The van der Waals surface area contributed by atoms with E-state index >= 15 is 0 Å². The molecule has 0 spiro atoms. The van der Waals surface area contributed by atoms with Gasteiger partial charge in [0.25, 0.3) is 0 Å². The zero-order chi connectivity index (χ0) is 11.9. The van der Waals surface area contributed by atoms with Crippen LogP contribution in [0.1, 0.15) is 38.6 Å². The number of cyclic esters (lactones) is 1. The second-order valence-corrected chi connectivity index (χ2v) is 5.05. The molecule has 1 saturated heterocycles. The predicted molar refractivity (Wildman–Crippen MR) is 62.6 cm³/mol. The van der Waals surface area contributed by atoms with E-state index in [1.165, 1.54) is 0 Å². The van der Waals surface area contributed by atoms with E-state index in [1.807, 2.05) is 39.8 Å². The van der Waals surface area contributed by atoms with Crippen LogP contribution in [0.5, 0.6) is 0 Å². The quantitative estimate of drug-likeness (QED) is 0.738.